The van der Waals surface area contributed by atoms with Crippen LogP contribution >= 0.6 is 11.6 Å². The standard InChI is InChI=1S/C12H7ClN6/c13-10-9-6-15-19-11(9)18-12(17-10)16-8-3-1-7(5-14)2-4-8/h1-4,6H,(H2,15,16,17,18,19). The molecule has 19 heavy (non-hydrogen) atoms. The molecule has 2 heterocycles. The Kier molecular flexibility index (Phi) is 2.74. The molecule has 0 radical (unpaired) electrons. The van der Waals surface area contributed by atoms with E-state index in [0.717, 1.165) is 5.69 Å². The fourth-order valence-electron chi connectivity index (χ4n) is 1.61. The Morgan fingerprint density at radius 1 is 1.21 bits per heavy atom. The van der Waals surface area contributed by atoms with Gasteiger partial charge < -0.3 is 5.32 Å². The van der Waals surface area contributed by atoms with E-state index < -0.39 is 0 Å². The summed E-state index contributed by atoms with van der Waals surface area (Å²) < 4.78 is 0. The van der Waals surface area contributed by atoms with Gasteiger partial charge in [-0.15, -0.1) is 0 Å². The first-order chi connectivity index (χ1) is 9.26. The summed E-state index contributed by atoms with van der Waals surface area (Å²) in [5, 5.41) is 19.3. The van der Waals surface area contributed by atoms with Crippen LogP contribution in [-0.4, -0.2) is 20.2 Å². The highest BCUT2D eigenvalue weighted by molar-refractivity contribution is 6.34. The van der Waals surface area contributed by atoms with E-state index in [0.29, 0.717) is 27.7 Å². The lowest BCUT2D eigenvalue weighted by atomic mass is 10.2. The molecule has 0 fully saturated rings. The van der Waals surface area contributed by atoms with E-state index in [1.807, 2.05) is 0 Å². The van der Waals surface area contributed by atoms with Crippen molar-refractivity contribution in [3.8, 4) is 6.07 Å². The SMILES string of the molecule is N#Cc1ccc(Nc2nc(Cl)c3cn[nH]c3n2)cc1. The van der Waals surface area contributed by atoms with E-state index in [1.54, 1.807) is 30.5 Å². The summed E-state index contributed by atoms with van der Waals surface area (Å²) >= 11 is 6.02. The molecule has 92 valence electrons. The van der Waals surface area contributed by atoms with Crippen LogP contribution in [0, 0.1) is 11.3 Å². The molecular formula is C12H7ClN6. The van der Waals surface area contributed by atoms with E-state index in [2.05, 4.69) is 31.6 Å². The smallest absolute Gasteiger partial charge is 0.230 e. The fraction of sp³-hybridized carbons (Fsp3) is 0. The molecule has 6 nitrogen and oxygen atoms in total. The third kappa shape index (κ3) is 2.19. The lowest BCUT2D eigenvalue weighted by Crippen LogP contribution is -1.97. The van der Waals surface area contributed by atoms with Crippen molar-refractivity contribution >= 4 is 34.3 Å². The van der Waals surface area contributed by atoms with E-state index >= 15 is 0 Å². The van der Waals surface area contributed by atoms with E-state index in [-0.39, 0.29) is 0 Å². The van der Waals surface area contributed by atoms with E-state index in [1.165, 1.54) is 0 Å². The molecule has 7 heteroatoms. The summed E-state index contributed by atoms with van der Waals surface area (Å²) in [6, 6.07) is 9.01. The van der Waals surface area contributed by atoms with Crippen molar-refractivity contribution in [3.63, 3.8) is 0 Å². The molecule has 0 amide bonds. The first-order valence-corrected chi connectivity index (χ1v) is 5.78. The Bertz CT molecular complexity index is 771. The van der Waals surface area contributed by atoms with Crippen LogP contribution in [0.3, 0.4) is 0 Å². The molecule has 0 spiro atoms. The number of benzene rings is 1. The second-order valence-corrected chi connectivity index (χ2v) is 4.14. The number of nitriles is 1. The van der Waals surface area contributed by atoms with Gasteiger partial charge in [-0.05, 0) is 24.3 Å². The quantitative estimate of drug-likeness (QED) is 0.699. The van der Waals surface area contributed by atoms with Gasteiger partial charge in [0.05, 0.1) is 23.2 Å². The van der Waals surface area contributed by atoms with Gasteiger partial charge in [-0.25, -0.2) is 0 Å². The zero-order valence-electron chi connectivity index (χ0n) is 9.55. The van der Waals surface area contributed by atoms with Crippen molar-refractivity contribution in [2.45, 2.75) is 0 Å². The molecule has 0 atom stereocenters. The molecule has 3 aromatic rings. The summed E-state index contributed by atoms with van der Waals surface area (Å²) in [5.74, 6) is 0.367. The van der Waals surface area contributed by atoms with Gasteiger partial charge in [-0.1, -0.05) is 11.6 Å². The van der Waals surface area contributed by atoms with Gasteiger partial charge >= 0.3 is 0 Å². The second kappa shape index (κ2) is 4.55. The minimum atomic E-state index is 0.329. The number of fused-ring (bicyclic) bond motifs is 1. The lowest BCUT2D eigenvalue weighted by molar-refractivity contribution is 1.09. The number of anilines is 2. The molecule has 1 aromatic carbocycles. The highest BCUT2D eigenvalue weighted by Crippen LogP contribution is 2.21. The van der Waals surface area contributed by atoms with Gasteiger partial charge in [0.2, 0.25) is 5.95 Å². The Morgan fingerprint density at radius 2 is 2.00 bits per heavy atom. The number of nitrogens with zero attached hydrogens (tertiary/aromatic N) is 4. The predicted molar refractivity (Wildman–Crippen MR) is 71.1 cm³/mol. The number of halogens is 1. The maximum atomic E-state index is 8.73. The van der Waals surface area contributed by atoms with Crippen LogP contribution in [0.15, 0.2) is 30.5 Å². The average molecular weight is 271 g/mol. The Hall–Kier alpha value is -2.65. The zero-order chi connectivity index (χ0) is 13.2. The number of rotatable bonds is 2. The molecule has 2 aromatic heterocycles. The molecule has 0 aliphatic rings. The van der Waals surface area contributed by atoms with Crippen molar-refractivity contribution in [1.29, 1.82) is 5.26 Å². The fourth-order valence-corrected chi connectivity index (χ4v) is 1.83. The monoisotopic (exact) mass is 270 g/mol. The van der Waals surface area contributed by atoms with Crippen molar-refractivity contribution < 1.29 is 0 Å². The van der Waals surface area contributed by atoms with Crippen molar-refractivity contribution in [3.05, 3.63) is 41.2 Å². The van der Waals surface area contributed by atoms with Crippen LogP contribution in [-0.2, 0) is 0 Å². The molecular weight excluding hydrogens is 264 g/mol. The minimum absolute atomic E-state index is 0.329. The molecule has 3 rings (SSSR count). The number of H-pyrrole nitrogens is 1. The topological polar surface area (TPSA) is 90.3 Å². The molecule has 0 bridgehead atoms. The minimum Gasteiger partial charge on any atom is -0.324 e. The van der Waals surface area contributed by atoms with E-state index in [4.69, 9.17) is 16.9 Å². The molecule has 2 N–H and O–H groups in total. The lowest BCUT2D eigenvalue weighted by Gasteiger charge is -2.05. The van der Waals surface area contributed by atoms with Crippen LogP contribution in [0.4, 0.5) is 11.6 Å². The molecule has 0 saturated carbocycles. The number of nitrogens with one attached hydrogen (secondary N) is 2. The number of hydrogen-bond donors (Lipinski definition) is 2. The van der Waals surface area contributed by atoms with Gasteiger partial charge in [0.15, 0.2) is 5.65 Å². The average Bonchev–Trinajstić information content (AvgIpc) is 2.88. The zero-order valence-corrected chi connectivity index (χ0v) is 10.3. The molecule has 0 aliphatic heterocycles. The maximum Gasteiger partial charge on any atom is 0.230 e. The highest BCUT2D eigenvalue weighted by atomic mass is 35.5. The Morgan fingerprint density at radius 3 is 2.74 bits per heavy atom. The number of aromatic nitrogens is 4. The van der Waals surface area contributed by atoms with Crippen LogP contribution in [0.1, 0.15) is 5.56 Å². The normalized spacial score (nSPS) is 10.3. The largest absolute Gasteiger partial charge is 0.324 e. The summed E-state index contributed by atoms with van der Waals surface area (Å²) in [5.41, 5.74) is 1.93. The number of hydrogen-bond acceptors (Lipinski definition) is 5. The maximum absolute atomic E-state index is 8.73. The van der Waals surface area contributed by atoms with Gasteiger partial charge in [0, 0.05) is 5.69 Å². The van der Waals surface area contributed by atoms with Crippen LogP contribution in [0.5, 0.6) is 0 Å². The van der Waals surface area contributed by atoms with Crippen molar-refractivity contribution in [2.24, 2.45) is 0 Å². The summed E-state index contributed by atoms with van der Waals surface area (Å²) in [7, 11) is 0. The third-order valence-electron chi connectivity index (χ3n) is 2.53. The van der Waals surface area contributed by atoms with E-state index in [9.17, 15) is 0 Å². The van der Waals surface area contributed by atoms with Crippen LogP contribution in [0.2, 0.25) is 5.15 Å². The first kappa shape index (κ1) is 11.4. The van der Waals surface area contributed by atoms with Crippen molar-refractivity contribution in [1.82, 2.24) is 20.2 Å². The summed E-state index contributed by atoms with van der Waals surface area (Å²) in [4.78, 5) is 8.37. The predicted octanol–water partition coefficient (Wildman–Crippen LogP) is 2.62. The molecule has 0 aliphatic carbocycles. The molecule has 0 saturated heterocycles. The second-order valence-electron chi connectivity index (χ2n) is 3.78. The highest BCUT2D eigenvalue weighted by Gasteiger charge is 2.07. The number of aromatic amines is 1. The van der Waals surface area contributed by atoms with Gasteiger partial charge in [-0.3, -0.25) is 5.10 Å². The molecule has 0 unspecified atom stereocenters. The van der Waals surface area contributed by atoms with Gasteiger partial charge in [0.1, 0.15) is 5.15 Å². The van der Waals surface area contributed by atoms with Gasteiger partial charge in [0.25, 0.3) is 0 Å². The Labute approximate surface area is 113 Å². The summed E-state index contributed by atoms with van der Waals surface area (Å²) in [6.07, 6.45) is 1.57. The van der Waals surface area contributed by atoms with Crippen LogP contribution in [0.25, 0.3) is 11.0 Å². The summed E-state index contributed by atoms with van der Waals surface area (Å²) in [6.45, 7) is 0. The van der Waals surface area contributed by atoms with Gasteiger partial charge in [-0.2, -0.15) is 20.3 Å². The first-order valence-electron chi connectivity index (χ1n) is 5.40. The van der Waals surface area contributed by atoms with Crippen LogP contribution < -0.4 is 5.32 Å². The Balaban J connectivity index is 1.94. The third-order valence-corrected chi connectivity index (χ3v) is 2.82. The van der Waals surface area contributed by atoms with Crippen molar-refractivity contribution in [2.75, 3.05) is 5.32 Å².